The van der Waals surface area contributed by atoms with Crippen LogP contribution in [0.3, 0.4) is 0 Å². The van der Waals surface area contributed by atoms with Gasteiger partial charge in [0.25, 0.3) is 0 Å². The topological polar surface area (TPSA) is 39.2 Å². The smallest absolute Gasteiger partial charge is 0.167 e. The first-order valence-corrected chi connectivity index (χ1v) is 5.36. The number of methoxy groups -OCH3 is 1. The highest BCUT2D eigenvalue weighted by Gasteiger charge is 2.07. The number of hydrogen-bond acceptors (Lipinski definition) is 3. The van der Waals surface area contributed by atoms with Gasteiger partial charge in [0.2, 0.25) is 0 Å². The SMILES string of the molecule is COc1cccc(C(=O)Cc2cccnc2)c1. The van der Waals surface area contributed by atoms with Crippen LogP contribution in [-0.4, -0.2) is 17.9 Å². The molecule has 0 atom stereocenters. The number of nitrogens with zero attached hydrogens (tertiary/aromatic N) is 1. The van der Waals surface area contributed by atoms with E-state index in [-0.39, 0.29) is 5.78 Å². The monoisotopic (exact) mass is 227 g/mol. The Balaban J connectivity index is 2.14. The average molecular weight is 227 g/mol. The van der Waals surface area contributed by atoms with Crippen molar-refractivity contribution in [2.45, 2.75) is 6.42 Å². The van der Waals surface area contributed by atoms with Gasteiger partial charge in [-0.2, -0.15) is 0 Å². The van der Waals surface area contributed by atoms with Gasteiger partial charge in [0.05, 0.1) is 7.11 Å². The summed E-state index contributed by atoms with van der Waals surface area (Å²) in [7, 11) is 1.59. The molecule has 0 fully saturated rings. The zero-order chi connectivity index (χ0) is 12.1. The summed E-state index contributed by atoms with van der Waals surface area (Å²) in [5, 5.41) is 0. The fraction of sp³-hybridized carbons (Fsp3) is 0.143. The van der Waals surface area contributed by atoms with Gasteiger partial charge >= 0.3 is 0 Å². The van der Waals surface area contributed by atoms with E-state index >= 15 is 0 Å². The van der Waals surface area contributed by atoms with Gasteiger partial charge in [-0.25, -0.2) is 0 Å². The Hall–Kier alpha value is -2.16. The molecule has 86 valence electrons. The van der Waals surface area contributed by atoms with Crippen molar-refractivity contribution in [2.24, 2.45) is 0 Å². The van der Waals surface area contributed by atoms with Crippen LogP contribution in [-0.2, 0) is 6.42 Å². The van der Waals surface area contributed by atoms with Gasteiger partial charge in [0.15, 0.2) is 5.78 Å². The maximum Gasteiger partial charge on any atom is 0.167 e. The number of hydrogen-bond donors (Lipinski definition) is 0. The number of pyridine rings is 1. The molecule has 0 aliphatic rings. The van der Waals surface area contributed by atoms with Crippen molar-refractivity contribution in [1.82, 2.24) is 4.98 Å². The van der Waals surface area contributed by atoms with Gasteiger partial charge in [0.1, 0.15) is 5.75 Å². The maximum absolute atomic E-state index is 12.0. The minimum atomic E-state index is 0.0666. The van der Waals surface area contributed by atoms with E-state index in [0.29, 0.717) is 17.7 Å². The van der Waals surface area contributed by atoms with Gasteiger partial charge in [-0.05, 0) is 23.8 Å². The summed E-state index contributed by atoms with van der Waals surface area (Å²) < 4.78 is 5.09. The van der Waals surface area contributed by atoms with Crippen LogP contribution in [0.1, 0.15) is 15.9 Å². The molecule has 0 bridgehead atoms. The molecule has 2 aromatic rings. The zero-order valence-electron chi connectivity index (χ0n) is 9.59. The second kappa shape index (κ2) is 5.25. The third-order valence-electron chi connectivity index (χ3n) is 2.48. The highest BCUT2D eigenvalue weighted by atomic mass is 16.5. The van der Waals surface area contributed by atoms with Crippen LogP contribution >= 0.6 is 0 Å². The van der Waals surface area contributed by atoms with E-state index in [2.05, 4.69) is 4.98 Å². The van der Waals surface area contributed by atoms with Crippen molar-refractivity contribution in [3.05, 3.63) is 59.9 Å². The van der Waals surface area contributed by atoms with E-state index in [1.807, 2.05) is 24.3 Å². The summed E-state index contributed by atoms with van der Waals surface area (Å²) in [4.78, 5) is 16.0. The van der Waals surface area contributed by atoms with E-state index in [9.17, 15) is 4.79 Å². The van der Waals surface area contributed by atoms with E-state index in [4.69, 9.17) is 4.74 Å². The Labute approximate surface area is 100 Å². The van der Waals surface area contributed by atoms with Gasteiger partial charge in [0, 0.05) is 24.4 Å². The summed E-state index contributed by atoms with van der Waals surface area (Å²) in [6.07, 6.45) is 3.76. The number of ether oxygens (including phenoxy) is 1. The van der Waals surface area contributed by atoms with Crippen molar-refractivity contribution in [3.8, 4) is 5.75 Å². The number of carbonyl (C=O) groups excluding carboxylic acids is 1. The number of aromatic nitrogens is 1. The molecule has 1 heterocycles. The van der Waals surface area contributed by atoms with Gasteiger partial charge in [-0.1, -0.05) is 18.2 Å². The summed E-state index contributed by atoms with van der Waals surface area (Å²) in [5.74, 6) is 0.763. The number of ketones is 1. The molecule has 0 spiro atoms. The minimum Gasteiger partial charge on any atom is -0.497 e. The largest absolute Gasteiger partial charge is 0.497 e. The van der Waals surface area contributed by atoms with Gasteiger partial charge < -0.3 is 4.74 Å². The first kappa shape index (κ1) is 11.3. The molecule has 17 heavy (non-hydrogen) atoms. The molecular formula is C14H13NO2. The fourth-order valence-electron chi connectivity index (χ4n) is 1.59. The van der Waals surface area contributed by atoms with Crippen molar-refractivity contribution < 1.29 is 9.53 Å². The van der Waals surface area contributed by atoms with E-state index in [1.165, 1.54) is 0 Å². The lowest BCUT2D eigenvalue weighted by Crippen LogP contribution is -2.03. The van der Waals surface area contributed by atoms with Crippen LogP contribution in [0, 0.1) is 0 Å². The van der Waals surface area contributed by atoms with Crippen LogP contribution in [0.25, 0.3) is 0 Å². The average Bonchev–Trinajstić information content (AvgIpc) is 2.40. The first-order chi connectivity index (χ1) is 8.29. The van der Waals surface area contributed by atoms with Crippen molar-refractivity contribution in [2.75, 3.05) is 7.11 Å². The number of carbonyl (C=O) groups is 1. The maximum atomic E-state index is 12.0. The molecule has 1 aromatic carbocycles. The molecule has 0 unspecified atom stereocenters. The van der Waals surface area contributed by atoms with Gasteiger partial charge in [-0.15, -0.1) is 0 Å². The number of Topliss-reactive ketones (excluding diaryl/α,β-unsaturated/α-hetero) is 1. The molecule has 3 nitrogen and oxygen atoms in total. The summed E-state index contributed by atoms with van der Waals surface area (Å²) in [6.45, 7) is 0. The predicted octanol–water partition coefficient (Wildman–Crippen LogP) is 2.52. The molecule has 3 heteroatoms. The first-order valence-electron chi connectivity index (χ1n) is 5.36. The molecule has 2 rings (SSSR count). The summed E-state index contributed by atoms with van der Waals surface area (Å²) in [6, 6.07) is 10.9. The molecule has 0 aliphatic carbocycles. The molecule has 0 aliphatic heterocycles. The van der Waals surface area contributed by atoms with Crippen molar-refractivity contribution >= 4 is 5.78 Å². The number of benzene rings is 1. The van der Waals surface area contributed by atoms with Crippen molar-refractivity contribution in [1.29, 1.82) is 0 Å². The Morgan fingerprint density at radius 3 is 2.88 bits per heavy atom. The zero-order valence-corrected chi connectivity index (χ0v) is 9.59. The predicted molar refractivity (Wildman–Crippen MR) is 65.3 cm³/mol. The molecule has 0 amide bonds. The van der Waals surface area contributed by atoms with Crippen LogP contribution in [0.2, 0.25) is 0 Å². The third-order valence-corrected chi connectivity index (χ3v) is 2.48. The quantitative estimate of drug-likeness (QED) is 0.753. The minimum absolute atomic E-state index is 0.0666. The van der Waals surface area contributed by atoms with Crippen LogP contribution < -0.4 is 4.74 Å². The van der Waals surface area contributed by atoms with E-state index in [1.54, 1.807) is 31.6 Å². The third kappa shape index (κ3) is 2.91. The highest BCUT2D eigenvalue weighted by Crippen LogP contribution is 2.14. The lowest BCUT2D eigenvalue weighted by molar-refractivity contribution is 0.0992. The van der Waals surface area contributed by atoms with Crippen molar-refractivity contribution in [3.63, 3.8) is 0 Å². The molecule has 0 N–H and O–H groups in total. The van der Waals surface area contributed by atoms with E-state index in [0.717, 1.165) is 5.56 Å². The van der Waals surface area contributed by atoms with E-state index < -0.39 is 0 Å². The highest BCUT2D eigenvalue weighted by molar-refractivity contribution is 5.97. The summed E-state index contributed by atoms with van der Waals surface area (Å²) in [5.41, 5.74) is 1.58. The van der Waals surface area contributed by atoms with Crippen LogP contribution in [0.5, 0.6) is 5.75 Å². The Morgan fingerprint density at radius 1 is 1.29 bits per heavy atom. The molecule has 0 radical (unpaired) electrons. The number of rotatable bonds is 4. The molecular weight excluding hydrogens is 214 g/mol. The van der Waals surface area contributed by atoms with Crippen LogP contribution in [0.15, 0.2) is 48.8 Å². The van der Waals surface area contributed by atoms with Gasteiger partial charge in [-0.3, -0.25) is 9.78 Å². The Kier molecular flexibility index (Phi) is 3.50. The van der Waals surface area contributed by atoms with Crippen LogP contribution in [0.4, 0.5) is 0 Å². The molecule has 0 saturated carbocycles. The Bertz CT molecular complexity index is 509. The second-order valence-corrected chi connectivity index (χ2v) is 3.69. The summed E-state index contributed by atoms with van der Waals surface area (Å²) >= 11 is 0. The lowest BCUT2D eigenvalue weighted by atomic mass is 10.0. The molecule has 1 aromatic heterocycles. The fourth-order valence-corrected chi connectivity index (χ4v) is 1.59. The standard InChI is InChI=1S/C14H13NO2/c1-17-13-6-2-5-12(9-13)14(16)8-11-4-3-7-15-10-11/h2-7,9-10H,8H2,1H3. The second-order valence-electron chi connectivity index (χ2n) is 3.69. The Morgan fingerprint density at radius 2 is 2.18 bits per heavy atom. The molecule has 0 saturated heterocycles. The lowest BCUT2D eigenvalue weighted by Gasteiger charge is -2.03. The normalized spacial score (nSPS) is 9.94.